The largest absolute Gasteiger partial charge is 0.493 e. The quantitative estimate of drug-likeness (QED) is 0.444. The molecule has 198 valence electrons. The van der Waals surface area contributed by atoms with Crippen molar-refractivity contribution in [3.63, 3.8) is 0 Å². The summed E-state index contributed by atoms with van der Waals surface area (Å²) in [6, 6.07) is 9.10. The Morgan fingerprint density at radius 1 is 1.03 bits per heavy atom. The predicted molar refractivity (Wildman–Crippen MR) is 135 cm³/mol. The van der Waals surface area contributed by atoms with Crippen LogP contribution in [-0.4, -0.2) is 76.9 Å². The average Bonchev–Trinajstić information content (AvgIpc) is 2.92. The number of ether oxygens (including phenoxy) is 4. The molecule has 2 atom stereocenters. The Labute approximate surface area is 214 Å². The smallest absolute Gasteiger partial charge is 0.321 e. The normalized spacial score (nSPS) is 19.6. The molecule has 1 N–H and O–H groups in total. The Balaban J connectivity index is 1.67. The lowest BCUT2D eigenvalue weighted by Crippen LogP contribution is -2.57. The van der Waals surface area contributed by atoms with Gasteiger partial charge in [-0.3, -0.25) is 14.9 Å². The number of halogens is 1. The van der Waals surface area contributed by atoms with Gasteiger partial charge in [0.15, 0.2) is 17.4 Å². The molecular weight excluding hydrogens is 483 g/mol. The minimum Gasteiger partial charge on any atom is -0.493 e. The summed E-state index contributed by atoms with van der Waals surface area (Å²) in [5.74, 6) is -1.19. The fraction of sp³-hybridized carbons (Fsp3) is 0.423. The number of amides is 1. The van der Waals surface area contributed by atoms with E-state index in [1.54, 1.807) is 37.3 Å². The van der Waals surface area contributed by atoms with Crippen molar-refractivity contribution in [1.29, 1.82) is 0 Å². The maximum Gasteiger partial charge on any atom is 0.321 e. The molecular formula is C26H31FN4O6. The van der Waals surface area contributed by atoms with Crippen molar-refractivity contribution < 1.29 is 32.9 Å². The van der Waals surface area contributed by atoms with E-state index in [4.69, 9.17) is 23.9 Å². The van der Waals surface area contributed by atoms with Crippen LogP contribution >= 0.6 is 0 Å². The summed E-state index contributed by atoms with van der Waals surface area (Å²) in [7, 11) is 4.47. The van der Waals surface area contributed by atoms with Crippen molar-refractivity contribution in [1.82, 2.24) is 10.2 Å². The summed E-state index contributed by atoms with van der Waals surface area (Å²) in [6.45, 7) is 3.87. The van der Waals surface area contributed by atoms with Gasteiger partial charge < -0.3 is 28.7 Å². The Morgan fingerprint density at radius 2 is 1.65 bits per heavy atom. The van der Waals surface area contributed by atoms with Gasteiger partial charge in [0.05, 0.1) is 33.6 Å². The van der Waals surface area contributed by atoms with E-state index in [1.165, 1.54) is 27.4 Å². The first-order valence-corrected chi connectivity index (χ1v) is 12.0. The molecule has 0 spiro atoms. The molecule has 11 heteroatoms. The number of esters is 1. The summed E-state index contributed by atoms with van der Waals surface area (Å²) in [5.41, 5.74) is 1.07. The molecule has 0 radical (unpaired) electrons. The number of benzene rings is 2. The fourth-order valence-corrected chi connectivity index (χ4v) is 4.61. The van der Waals surface area contributed by atoms with E-state index in [9.17, 15) is 14.0 Å². The zero-order valence-electron chi connectivity index (χ0n) is 21.3. The third-order valence-corrected chi connectivity index (χ3v) is 6.44. The molecule has 0 aromatic heterocycles. The van der Waals surface area contributed by atoms with Gasteiger partial charge in [-0.15, -0.1) is 0 Å². The number of nitrogens with zero attached hydrogens (tertiary/aromatic N) is 3. The molecule has 1 amide bonds. The zero-order valence-corrected chi connectivity index (χ0v) is 21.3. The number of carbonyl (C=O) groups is 2. The highest BCUT2D eigenvalue weighted by Gasteiger charge is 2.43. The van der Waals surface area contributed by atoms with Gasteiger partial charge in [0, 0.05) is 26.2 Å². The lowest BCUT2D eigenvalue weighted by Gasteiger charge is -2.39. The maximum absolute atomic E-state index is 14.3. The van der Waals surface area contributed by atoms with Crippen LogP contribution in [0.4, 0.5) is 10.1 Å². The van der Waals surface area contributed by atoms with Crippen LogP contribution in [0.2, 0.25) is 0 Å². The number of anilines is 1. The topological polar surface area (TPSA) is 102 Å². The molecule has 0 bridgehead atoms. The second-order valence-electron chi connectivity index (χ2n) is 8.50. The Morgan fingerprint density at radius 3 is 2.22 bits per heavy atom. The third kappa shape index (κ3) is 5.25. The van der Waals surface area contributed by atoms with E-state index in [0.29, 0.717) is 60.6 Å². The minimum atomic E-state index is -1.20. The number of carbonyl (C=O) groups excluding carboxylic acids is 2. The highest BCUT2D eigenvalue weighted by molar-refractivity contribution is 6.08. The molecule has 37 heavy (non-hydrogen) atoms. The number of aliphatic imine (C=N–C) groups is 1. The van der Waals surface area contributed by atoms with E-state index in [-0.39, 0.29) is 12.4 Å². The number of nitrogens with one attached hydrogen (secondary N) is 1. The number of hydrogen-bond donors (Lipinski definition) is 1. The van der Waals surface area contributed by atoms with Crippen molar-refractivity contribution in [3.8, 4) is 17.2 Å². The number of rotatable bonds is 7. The lowest BCUT2D eigenvalue weighted by atomic mass is 9.90. The molecule has 2 aromatic rings. The molecule has 0 aliphatic carbocycles. The van der Waals surface area contributed by atoms with Crippen LogP contribution in [0.3, 0.4) is 0 Å². The summed E-state index contributed by atoms with van der Waals surface area (Å²) >= 11 is 0. The minimum absolute atomic E-state index is 0.124. The molecule has 2 heterocycles. The first-order chi connectivity index (χ1) is 17.9. The van der Waals surface area contributed by atoms with Crippen molar-refractivity contribution in [2.24, 2.45) is 10.9 Å². The van der Waals surface area contributed by atoms with Gasteiger partial charge in [0.25, 0.3) is 0 Å². The Bertz CT molecular complexity index is 1160. The first-order valence-electron chi connectivity index (χ1n) is 12.0. The van der Waals surface area contributed by atoms with E-state index < -0.39 is 23.8 Å². The second kappa shape index (κ2) is 11.4. The number of guanidine groups is 1. The lowest BCUT2D eigenvalue weighted by molar-refractivity contribution is -0.153. The van der Waals surface area contributed by atoms with Gasteiger partial charge in [0.2, 0.25) is 17.6 Å². The molecule has 2 aromatic carbocycles. The van der Waals surface area contributed by atoms with Gasteiger partial charge >= 0.3 is 5.97 Å². The summed E-state index contributed by atoms with van der Waals surface area (Å²) in [6.07, 6.45) is 0. The van der Waals surface area contributed by atoms with Gasteiger partial charge in [0.1, 0.15) is 11.9 Å². The molecule has 2 aliphatic heterocycles. The van der Waals surface area contributed by atoms with Crippen molar-refractivity contribution >= 4 is 23.5 Å². The standard InChI is InChI=1S/C26H31FN4O6/c1-5-37-25(33)21-22(16-14-19(34-2)23(36-4)20(15-16)35-3)28-26(29-24(21)32)31-12-10-30(11-13-31)18-9-7-6-8-17(18)27/h6-9,14-15,21-22H,5,10-13H2,1-4H3,(H,28,29,32)/t21-,22-/m1/s1. The van der Waals surface area contributed by atoms with Crippen LogP contribution < -0.4 is 24.4 Å². The molecule has 0 saturated carbocycles. The van der Waals surface area contributed by atoms with Gasteiger partial charge in [-0.05, 0) is 36.8 Å². The Hall–Kier alpha value is -4.02. The molecule has 0 unspecified atom stereocenters. The number of methoxy groups -OCH3 is 3. The average molecular weight is 515 g/mol. The Kier molecular flexibility index (Phi) is 8.00. The third-order valence-electron chi connectivity index (χ3n) is 6.44. The SMILES string of the molecule is CCOC(=O)[C@H]1C(=O)NC(N2CCN(c3ccccc3F)CC2)=N[C@@H]1c1cc(OC)c(OC)c(OC)c1. The van der Waals surface area contributed by atoms with E-state index >= 15 is 0 Å². The van der Waals surface area contributed by atoms with Crippen LogP contribution in [0.5, 0.6) is 17.2 Å². The first kappa shape index (κ1) is 26.1. The van der Waals surface area contributed by atoms with Crippen LogP contribution in [0.15, 0.2) is 41.4 Å². The predicted octanol–water partition coefficient (Wildman–Crippen LogP) is 2.38. The van der Waals surface area contributed by atoms with Crippen molar-refractivity contribution in [2.45, 2.75) is 13.0 Å². The maximum atomic E-state index is 14.3. The van der Waals surface area contributed by atoms with E-state index in [0.717, 1.165) is 0 Å². The van der Waals surface area contributed by atoms with Crippen molar-refractivity contribution in [2.75, 3.05) is 59.0 Å². The number of para-hydroxylation sites is 1. The summed E-state index contributed by atoms with van der Waals surface area (Å²) < 4.78 is 35.8. The monoisotopic (exact) mass is 514 g/mol. The van der Waals surface area contributed by atoms with Gasteiger partial charge in [-0.1, -0.05) is 12.1 Å². The molecule has 1 saturated heterocycles. The zero-order chi connectivity index (χ0) is 26.5. The van der Waals surface area contributed by atoms with Crippen LogP contribution in [-0.2, 0) is 14.3 Å². The fourth-order valence-electron chi connectivity index (χ4n) is 4.61. The van der Waals surface area contributed by atoms with Gasteiger partial charge in [-0.2, -0.15) is 0 Å². The van der Waals surface area contributed by atoms with E-state index in [2.05, 4.69) is 5.32 Å². The van der Waals surface area contributed by atoms with Crippen molar-refractivity contribution in [3.05, 3.63) is 47.8 Å². The van der Waals surface area contributed by atoms with Crippen LogP contribution in [0, 0.1) is 11.7 Å². The summed E-state index contributed by atoms with van der Waals surface area (Å²) in [4.78, 5) is 34.8. The van der Waals surface area contributed by atoms with Crippen LogP contribution in [0.25, 0.3) is 0 Å². The molecule has 10 nitrogen and oxygen atoms in total. The van der Waals surface area contributed by atoms with Crippen LogP contribution in [0.1, 0.15) is 18.5 Å². The number of piperazine rings is 1. The molecule has 1 fully saturated rings. The number of hydrogen-bond acceptors (Lipinski definition) is 9. The summed E-state index contributed by atoms with van der Waals surface area (Å²) in [5, 5.41) is 2.78. The molecule has 2 aliphatic rings. The highest BCUT2D eigenvalue weighted by atomic mass is 19.1. The highest BCUT2D eigenvalue weighted by Crippen LogP contribution is 2.42. The van der Waals surface area contributed by atoms with E-state index in [1.807, 2.05) is 9.80 Å². The second-order valence-corrected chi connectivity index (χ2v) is 8.50. The molecule has 4 rings (SSSR count). The van der Waals surface area contributed by atoms with Gasteiger partial charge in [-0.25, -0.2) is 9.38 Å².